The Morgan fingerprint density at radius 1 is 1.11 bits per heavy atom. The number of nitro benzene ring substituents is 1. The number of nitro groups is 1. The molecule has 0 radical (unpaired) electrons. The van der Waals surface area contributed by atoms with E-state index in [-0.39, 0.29) is 11.6 Å². The maximum Gasteiger partial charge on any atom is 0.337 e. The first kappa shape index (κ1) is 19.6. The number of rotatable bonds is 8. The second-order valence-electron chi connectivity index (χ2n) is 5.44. The molecule has 27 heavy (non-hydrogen) atoms. The van der Waals surface area contributed by atoms with E-state index in [0.29, 0.717) is 24.3 Å². The molecule has 0 heterocycles. The van der Waals surface area contributed by atoms with Crippen molar-refractivity contribution in [2.24, 2.45) is 0 Å². The van der Waals surface area contributed by atoms with E-state index in [0.717, 1.165) is 5.56 Å². The van der Waals surface area contributed by atoms with Crippen LogP contribution in [-0.2, 0) is 9.53 Å². The Morgan fingerprint density at radius 3 is 2.48 bits per heavy atom. The summed E-state index contributed by atoms with van der Waals surface area (Å²) in [6, 6.07) is 12.9. The molecule has 0 unspecified atom stereocenters. The lowest BCUT2D eigenvalue weighted by Crippen LogP contribution is -2.27. The number of para-hydroxylation sites is 2. The van der Waals surface area contributed by atoms with Crippen molar-refractivity contribution in [3.8, 4) is 0 Å². The quantitative estimate of drug-likeness (QED) is 0.243. The van der Waals surface area contributed by atoms with Crippen molar-refractivity contribution in [3.63, 3.8) is 0 Å². The molecule has 0 fully saturated rings. The minimum Gasteiger partial charge on any atom is -0.465 e. The summed E-state index contributed by atoms with van der Waals surface area (Å²) in [5.41, 5.74) is 1.58. The van der Waals surface area contributed by atoms with Crippen LogP contribution in [0, 0.1) is 10.1 Å². The largest absolute Gasteiger partial charge is 0.465 e. The lowest BCUT2D eigenvalue weighted by atomic mass is 10.1. The highest BCUT2D eigenvalue weighted by molar-refractivity contribution is 5.92. The van der Waals surface area contributed by atoms with Gasteiger partial charge in [0, 0.05) is 25.2 Å². The van der Waals surface area contributed by atoms with E-state index >= 15 is 0 Å². The summed E-state index contributed by atoms with van der Waals surface area (Å²) in [5.74, 6) is -0.717. The third kappa shape index (κ3) is 5.96. The van der Waals surface area contributed by atoms with Crippen LogP contribution < -0.4 is 10.6 Å². The number of anilines is 1. The highest BCUT2D eigenvalue weighted by Gasteiger charge is 2.11. The molecular formula is C19H19N3O5. The van der Waals surface area contributed by atoms with Gasteiger partial charge in [-0.15, -0.1) is 0 Å². The standard InChI is InChI=1S/C19H19N3O5/c1-27-19(24)15-9-6-14(7-10-15)8-11-18(23)21-13-12-20-16-4-2-3-5-17(16)22(25)26/h2-11,20H,12-13H2,1H3,(H,21,23)/b11-8+. The van der Waals surface area contributed by atoms with E-state index in [1.807, 2.05) is 0 Å². The number of nitrogens with zero attached hydrogens (tertiary/aromatic N) is 1. The zero-order valence-electron chi connectivity index (χ0n) is 14.7. The van der Waals surface area contributed by atoms with Gasteiger partial charge in [-0.3, -0.25) is 14.9 Å². The third-order valence-corrected chi connectivity index (χ3v) is 3.60. The first-order valence-corrected chi connectivity index (χ1v) is 8.13. The van der Waals surface area contributed by atoms with Gasteiger partial charge in [0.25, 0.3) is 5.69 Å². The van der Waals surface area contributed by atoms with Crippen molar-refractivity contribution in [1.29, 1.82) is 0 Å². The number of carbonyl (C=O) groups is 2. The van der Waals surface area contributed by atoms with E-state index in [4.69, 9.17) is 0 Å². The van der Waals surface area contributed by atoms with Crippen molar-refractivity contribution in [3.05, 3.63) is 75.8 Å². The highest BCUT2D eigenvalue weighted by atomic mass is 16.6. The number of hydrogen-bond acceptors (Lipinski definition) is 6. The normalized spacial score (nSPS) is 10.4. The first-order chi connectivity index (χ1) is 13.0. The zero-order chi connectivity index (χ0) is 19.6. The van der Waals surface area contributed by atoms with Crippen molar-refractivity contribution < 1.29 is 19.2 Å². The Morgan fingerprint density at radius 2 is 1.81 bits per heavy atom. The van der Waals surface area contributed by atoms with E-state index in [1.165, 1.54) is 19.3 Å². The number of carbonyl (C=O) groups excluding carboxylic acids is 2. The zero-order valence-corrected chi connectivity index (χ0v) is 14.7. The minimum absolute atomic E-state index is 0.0147. The molecule has 8 heteroatoms. The van der Waals surface area contributed by atoms with Gasteiger partial charge in [-0.2, -0.15) is 0 Å². The smallest absolute Gasteiger partial charge is 0.337 e. The van der Waals surface area contributed by atoms with Crippen LogP contribution in [0.4, 0.5) is 11.4 Å². The van der Waals surface area contributed by atoms with E-state index < -0.39 is 10.9 Å². The van der Waals surface area contributed by atoms with Gasteiger partial charge in [0.2, 0.25) is 5.91 Å². The molecule has 140 valence electrons. The van der Waals surface area contributed by atoms with Crippen LogP contribution in [0.15, 0.2) is 54.6 Å². The topological polar surface area (TPSA) is 111 Å². The Kier molecular flexibility index (Phi) is 7.07. The molecule has 2 N–H and O–H groups in total. The predicted molar refractivity (Wildman–Crippen MR) is 101 cm³/mol. The van der Waals surface area contributed by atoms with Gasteiger partial charge in [0.1, 0.15) is 5.69 Å². The monoisotopic (exact) mass is 369 g/mol. The van der Waals surface area contributed by atoms with Crippen molar-refractivity contribution in [2.45, 2.75) is 0 Å². The molecule has 0 aliphatic carbocycles. The molecule has 0 spiro atoms. The number of ether oxygens (including phenoxy) is 1. The highest BCUT2D eigenvalue weighted by Crippen LogP contribution is 2.22. The van der Waals surface area contributed by atoms with Gasteiger partial charge in [-0.25, -0.2) is 4.79 Å². The molecule has 1 amide bonds. The van der Waals surface area contributed by atoms with Crippen molar-refractivity contribution >= 4 is 29.3 Å². The van der Waals surface area contributed by atoms with Gasteiger partial charge < -0.3 is 15.4 Å². The van der Waals surface area contributed by atoms with Gasteiger partial charge in [-0.1, -0.05) is 24.3 Å². The van der Waals surface area contributed by atoms with Gasteiger partial charge in [0.15, 0.2) is 0 Å². The van der Waals surface area contributed by atoms with E-state index in [2.05, 4.69) is 15.4 Å². The molecule has 0 aromatic heterocycles. The number of methoxy groups -OCH3 is 1. The van der Waals surface area contributed by atoms with Crippen LogP contribution >= 0.6 is 0 Å². The molecule has 2 aromatic carbocycles. The number of esters is 1. The molecule has 0 bridgehead atoms. The minimum atomic E-state index is -0.463. The summed E-state index contributed by atoms with van der Waals surface area (Å²) >= 11 is 0. The number of benzene rings is 2. The Labute approximate surface area is 156 Å². The lowest BCUT2D eigenvalue weighted by Gasteiger charge is -2.07. The fourth-order valence-electron chi connectivity index (χ4n) is 2.24. The average Bonchev–Trinajstić information content (AvgIpc) is 2.69. The van der Waals surface area contributed by atoms with Crippen LogP contribution in [0.25, 0.3) is 6.08 Å². The van der Waals surface area contributed by atoms with E-state index in [1.54, 1.807) is 48.5 Å². The fourth-order valence-corrected chi connectivity index (χ4v) is 2.24. The van der Waals surface area contributed by atoms with Crippen molar-refractivity contribution in [1.82, 2.24) is 5.32 Å². The Hall–Kier alpha value is -3.68. The fraction of sp³-hybridized carbons (Fsp3) is 0.158. The summed E-state index contributed by atoms with van der Waals surface area (Å²) in [6.45, 7) is 0.648. The van der Waals surface area contributed by atoms with Crippen LogP contribution in [0.2, 0.25) is 0 Å². The summed E-state index contributed by atoms with van der Waals surface area (Å²) < 4.78 is 4.62. The summed E-state index contributed by atoms with van der Waals surface area (Å²) in [6.07, 6.45) is 2.99. The van der Waals surface area contributed by atoms with Crippen LogP contribution in [-0.4, -0.2) is 37.0 Å². The summed E-state index contributed by atoms with van der Waals surface area (Å²) in [5, 5.41) is 16.5. The third-order valence-electron chi connectivity index (χ3n) is 3.60. The molecule has 0 saturated heterocycles. The second kappa shape index (κ2) is 9.71. The molecule has 0 aliphatic rings. The molecular weight excluding hydrogens is 350 g/mol. The van der Waals surface area contributed by atoms with Crippen LogP contribution in [0.3, 0.4) is 0 Å². The molecule has 0 aliphatic heterocycles. The Bertz CT molecular complexity index is 847. The molecule has 2 aromatic rings. The average molecular weight is 369 g/mol. The maximum atomic E-state index is 11.8. The molecule has 2 rings (SSSR count). The van der Waals surface area contributed by atoms with Gasteiger partial charge >= 0.3 is 5.97 Å². The lowest BCUT2D eigenvalue weighted by molar-refractivity contribution is -0.384. The SMILES string of the molecule is COC(=O)c1ccc(/C=C/C(=O)NCCNc2ccccc2[N+](=O)[O-])cc1. The summed E-state index contributed by atoms with van der Waals surface area (Å²) in [7, 11) is 1.31. The van der Waals surface area contributed by atoms with Gasteiger partial charge in [-0.05, 0) is 29.8 Å². The molecule has 0 saturated carbocycles. The number of hydrogen-bond donors (Lipinski definition) is 2. The second-order valence-corrected chi connectivity index (χ2v) is 5.44. The first-order valence-electron chi connectivity index (χ1n) is 8.13. The Balaban J connectivity index is 1.79. The van der Waals surface area contributed by atoms with E-state index in [9.17, 15) is 19.7 Å². The molecule has 8 nitrogen and oxygen atoms in total. The number of amides is 1. The van der Waals surface area contributed by atoms with Crippen LogP contribution in [0.1, 0.15) is 15.9 Å². The maximum absolute atomic E-state index is 11.8. The predicted octanol–water partition coefficient (Wildman–Crippen LogP) is 2.62. The molecule has 0 atom stereocenters. The van der Waals surface area contributed by atoms with Crippen molar-refractivity contribution in [2.75, 3.05) is 25.5 Å². The van der Waals surface area contributed by atoms with Crippen LogP contribution in [0.5, 0.6) is 0 Å². The summed E-state index contributed by atoms with van der Waals surface area (Å²) in [4.78, 5) is 33.6. The number of nitrogens with one attached hydrogen (secondary N) is 2. The van der Waals surface area contributed by atoms with Gasteiger partial charge in [0.05, 0.1) is 17.6 Å².